The van der Waals surface area contributed by atoms with E-state index in [4.69, 9.17) is 0 Å². The van der Waals surface area contributed by atoms with Gasteiger partial charge in [0.2, 0.25) is 0 Å². The molecule has 2 aromatic heterocycles. The second kappa shape index (κ2) is 7.53. The average Bonchev–Trinajstić information content (AvgIpc) is 3.16. The zero-order chi connectivity index (χ0) is 19.7. The largest absolute Gasteiger partial charge is 0.335 e. The third kappa shape index (κ3) is 4.45. The molecule has 1 saturated heterocycles. The average molecular weight is 395 g/mol. The van der Waals surface area contributed by atoms with E-state index in [1.807, 2.05) is 0 Å². The van der Waals surface area contributed by atoms with E-state index in [-0.39, 0.29) is 16.0 Å². The van der Waals surface area contributed by atoms with Gasteiger partial charge in [0.1, 0.15) is 0 Å². The SMILES string of the molecule is CC(C)(C)c1ccc(=O)n(CCN2CCN(S(=O)(=O)c3cnc[nH]3)CC2)n1. The van der Waals surface area contributed by atoms with Crippen LogP contribution in [0.3, 0.4) is 0 Å². The maximum atomic E-state index is 12.5. The lowest BCUT2D eigenvalue weighted by Gasteiger charge is -2.33. The summed E-state index contributed by atoms with van der Waals surface area (Å²) in [5.41, 5.74) is 0.628. The molecule has 0 amide bonds. The van der Waals surface area contributed by atoms with Crippen molar-refractivity contribution in [3.05, 3.63) is 40.7 Å². The van der Waals surface area contributed by atoms with Crippen molar-refractivity contribution >= 4 is 10.0 Å². The topological polar surface area (TPSA) is 104 Å². The van der Waals surface area contributed by atoms with Crippen molar-refractivity contribution in [1.29, 1.82) is 0 Å². The highest BCUT2D eigenvalue weighted by Crippen LogP contribution is 2.18. The van der Waals surface area contributed by atoms with E-state index in [1.165, 1.54) is 21.5 Å². The number of rotatable bonds is 5. The van der Waals surface area contributed by atoms with Gasteiger partial charge in [-0.3, -0.25) is 9.69 Å². The molecule has 0 bridgehead atoms. The van der Waals surface area contributed by atoms with Gasteiger partial charge in [-0.1, -0.05) is 20.8 Å². The van der Waals surface area contributed by atoms with Gasteiger partial charge in [-0.2, -0.15) is 9.40 Å². The third-order valence-corrected chi connectivity index (χ3v) is 6.51. The minimum Gasteiger partial charge on any atom is -0.335 e. The van der Waals surface area contributed by atoms with Gasteiger partial charge in [-0.15, -0.1) is 0 Å². The van der Waals surface area contributed by atoms with Gasteiger partial charge in [0.25, 0.3) is 15.6 Å². The van der Waals surface area contributed by atoms with Gasteiger partial charge in [0.05, 0.1) is 24.8 Å². The minimum absolute atomic E-state index is 0.116. The Labute approximate surface area is 159 Å². The van der Waals surface area contributed by atoms with Crippen LogP contribution in [0, 0.1) is 0 Å². The molecule has 0 radical (unpaired) electrons. The number of piperazine rings is 1. The number of sulfonamides is 1. The lowest BCUT2D eigenvalue weighted by molar-refractivity contribution is 0.179. The molecule has 9 nitrogen and oxygen atoms in total. The normalized spacial score (nSPS) is 17.3. The second-order valence-corrected chi connectivity index (χ2v) is 9.60. The molecular formula is C17H26N6O3S. The van der Waals surface area contributed by atoms with Crippen LogP contribution in [-0.4, -0.2) is 70.1 Å². The van der Waals surface area contributed by atoms with Crippen molar-refractivity contribution < 1.29 is 8.42 Å². The molecule has 0 saturated carbocycles. The van der Waals surface area contributed by atoms with Crippen molar-refractivity contribution in [2.24, 2.45) is 0 Å². The van der Waals surface area contributed by atoms with Crippen LogP contribution in [0.15, 0.2) is 34.5 Å². The van der Waals surface area contributed by atoms with Crippen LogP contribution in [0.25, 0.3) is 0 Å². The summed E-state index contributed by atoms with van der Waals surface area (Å²) in [7, 11) is -3.52. The Morgan fingerprint density at radius 3 is 2.41 bits per heavy atom. The fourth-order valence-corrected chi connectivity index (χ4v) is 4.28. The predicted octanol–water partition coefficient (Wildman–Crippen LogP) is 0.270. The summed E-state index contributed by atoms with van der Waals surface area (Å²) >= 11 is 0. The Morgan fingerprint density at radius 2 is 1.81 bits per heavy atom. The second-order valence-electron chi connectivity index (χ2n) is 7.69. The molecular weight excluding hydrogens is 368 g/mol. The van der Waals surface area contributed by atoms with Gasteiger partial charge in [-0.25, -0.2) is 18.1 Å². The molecule has 1 fully saturated rings. The van der Waals surface area contributed by atoms with Crippen LogP contribution in [0.5, 0.6) is 0 Å². The Bertz CT molecular complexity index is 922. The smallest absolute Gasteiger partial charge is 0.266 e. The standard InChI is InChI=1S/C17H26N6O3S/c1-17(2,3)14-4-5-16(24)23(20-14)11-8-21-6-9-22(10-7-21)27(25,26)15-12-18-13-19-15/h4-5,12-13H,6-11H2,1-3H3,(H,18,19). The molecule has 2 aromatic rings. The molecule has 27 heavy (non-hydrogen) atoms. The summed E-state index contributed by atoms with van der Waals surface area (Å²) < 4.78 is 27.9. The summed E-state index contributed by atoms with van der Waals surface area (Å²) in [5.74, 6) is 0. The van der Waals surface area contributed by atoms with Crippen molar-refractivity contribution in [3.63, 3.8) is 0 Å². The van der Waals surface area contributed by atoms with Crippen LogP contribution in [-0.2, 0) is 22.0 Å². The predicted molar refractivity (Wildman–Crippen MR) is 101 cm³/mol. The van der Waals surface area contributed by atoms with Crippen LogP contribution < -0.4 is 5.56 Å². The fraction of sp³-hybridized carbons (Fsp3) is 0.588. The number of H-pyrrole nitrogens is 1. The molecule has 1 aliphatic heterocycles. The van der Waals surface area contributed by atoms with Crippen molar-refractivity contribution in [3.8, 4) is 0 Å². The van der Waals surface area contributed by atoms with E-state index < -0.39 is 10.0 Å². The van der Waals surface area contributed by atoms with Crippen LogP contribution >= 0.6 is 0 Å². The number of hydrogen-bond donors (Lipinski definition) is 1. The van der Waals surface area contributed by atoms with E-state index in [0.29, 0.717) is 39.3 Å². The molecule has 0 aliphatic carbocycles. The molecule has 0 atom stereocenters. The van der Waals surface area contributed by atoms with E-state index in [0.717, 1.165) is 5.69 Å². The molecule has 0 unspecified atom stereocenters. The lowest BCUT2D eigenvalue weighted by Crippen LogP contribution is -2.49. The Hall–Kier alpha value is -2.04. The maximum absolute atomic E-state index is 12.5. The number of nitrogens with zero attached hydrogens (tertiary/aromatic N) is 5. The van der Waals surface area contributed by atoms with E-state index in [2.05, 4.69) is 40.7 Å². The van der Waals surface area contributed by atoms with E-state index in [9.17, 15) is 13.2 Å². The fourth-order valence-electron chi connectivity index (χ4n) is 2.96. The summed E-state index contributed by atoms with van der Waals surface area (Å²) in [6.07, 6.45) is 2.68. The van der Waals surface area contributed by atoms with Crippen molar-refractivity contribution in [1.82, 2.24) is 29.0 Å². The molecule has 1 N–H and O–H groups in total. The third-order valence-electron chi connectivity index (χ3n) is 4.69. The monoisotopic (exact) mass is 394 g/mol. The van der Waals surface area contributed by atoms with Gasteiger partial charge in [-0.05, 0) is 6.07 Å². The number of aromatic nitrogens is 4. The zero-order valence-electron chi connectivity index (χ0n) is 15.9. The zero-order valence-corrected chi connectivity index (χ0v) is 16.7. The quantitative estimate of drug-likeness (QED) is 0.781. The van der Waals surface area contributed by atoms with Crippen LogP contribution in [0.2, 0.25) is 0 Å². The van der Waals surface area contributed by atoms with Gasteiger partial charge < -0.3 is 4.98 Å². The molecule has 0 spiro atoms. The molecule has 3 heterocycles. The highest BCUT2D eigenvalue weighted by atomic mass is 32.2. The Balaban J connectivity index is 1.58. The first-order valence-electron chi connectivity index (χ1n) is 8.97. The van der Waals surface area contributed by atoms with Crippen LogP contribution in [0.4, 0.5) is 0 Å². The van der Waals surface area contributed by atoms with Gasteiger partial charge in [0, 0.05) is 44.2 Å². The van der Waals surface area contributed by atoms with E-state index in [1.54, 1.807) is 12.1 Å². The molecule has 3 rings (SSSR count). The van der Waals surface area contributed by atoms with Crippen molar-refractivity contribution in [2.75, 3.05) is 32.7 Å². The Morgan fingerprint density at radius 1 is 1.11 bits per heavy atom. The number of hydrogen-bond acceptors (Lipinski definition) is 6. The van der Waals surface area contributed by atoms with Crippen molar-refractivity contribution in [2.45, 2.75) is 37.8 Å². The number of nitrogens with one attached hydrogen (secondary N) is 1. The summed E-state index contributed by atoms with van der Waals surface area (Å²) in [5, 5.41) is 4.59. The summed E-state index contributed by atoms with van der Waals surface area (Å²) in [4.78, 5) is 20.7. The number of aromatic amines is 1. The first-order valence-corrected chi connectivity index (χ1v) is 10.4. The van der Waals surface area contributed by atoms with Crippen LogP contribution in [0.1, 0.15) is 26.5 Å². The number of imidazole rings is 1. The summed E-state index contributed by atoms with van der Waals surface area (Å²) in [6.45, 7) is 9.35. The Kier molecular flexibility index (Phi) is 5.50. The molecule has 1 aliphatic rings. The first-order chi connectivity index (χ1) is 12.7. The summed E-state index contributed by atoms with van der Waals surface area (Å²) in [6, 6.07) is 3.33. The van der Waals surface area contributed by atoms with Gasteiger partial charge in [0.15, 0.2) is 5.03 Å². The highest BCUT2D eigenvalue weighted by Gasteiger charge is 2.29. The minimum atomic E-state index is -3.52. The molecule has 148 valence electrons. The van der Waals surface area contributed by atoms with Gasteiger partial charge >= 0.3 is 0 Å². The first kappa shape index (κ1) is 19.7. The molecule has 10 heteroatoms. The highest BCUT2D eigenvalue weighted by molar-refractivity contribution is 7.89. The maximum Gasteiger partial charge on any atom is 0.266 e. The lowest BCUT2D eigenvalue weighted by atomic mass is 9.92. The van der Waals surface area contributed by atoms with E-state index >= 15 is 0 Å². The molecule has 0 aromatic carbocycles.